The van der Waals surface area contributed by atoms with Crippen molar-refractivity contribution in [3.8, 4) is 10.7 Å². The minimum absolute atomic E-state index is 0.536. The summed E-state index contributed by atoms with van der Waals surface area (Å²) in [5, 5.41) is 1.20. The maximum absolute atomic E-state index is 3.47. The molecular weight excluding hydrogens is 151 g/mol. The quantitative estimate of drug-likeness (QED) is 0.399. The van der Waals surface area contributed by atoms with Gasteiger partial charge in [-0.25, -0.2) is 0 Å². The van der Waals surface area contributed by atoms with Gasteiger partial charge in [0.2, 0.25) is 0 Å². The van der Waals surface area contributed by atoms with Crippen LogP contribution in [0.1, 0.15) is 6.92 Å². The van der Waals surface area contributed by atoms with Crippen LogP contribution in [0.25, 0.3) is 0 Å². The molecule has 0 saturated heterocycles. The van der Waals surface area contributed by atoms with Gasteiger partial charge < -0.3 is 0 Å². The van der Waals surface area contributed by atoms with Gasteiger partial charge in [-0.3, -0.25) is 0 Å². The fourth-order valence-corrected chi connectivity index (χ4v) is 0.808. The third-order valence-corrected chi connectivity index (χ3v) is 1.53. The topological polar surface area (TPSA) is 0 Å². The molecule has 0 aromatic carbocycles. The first-order valence-corrected chi connectivity index (χ1v) is 4.21. The van der Waals surface area contributed by atoms with Crippen LogP contribution in [-0.4, -0.2) is 15.0 Å². The van der Waals surface area contributed by atoms with Gasteiger partial charge in [0.15, 0.2) is 0 Å². The number of hydrogen-bond acceptors (Lipinski definition) is 0. The molecule has 0 nitrogen and oxygen atoms in total. The van der Waals surface area contributed by atoms with Gasteiger partial charge >= 0.3 is 50.6 Å². The van der Waals surface area contributed by atoms with E-state index in [1.807, 2.05) is 0 Å². The Morgan fingerprint density at radius 2 is 2.57 bits per heavy atom. The van der Waals surface area contributed by atoms with E-state index < -0.39 is 0 Å². The van der Waals surface area contributed by atoms with Gasteiger partial charge in [0.1, 0.15) is 0 Å². The summed E-state index contributed by atoms with van der Waals surface area (Å²) in [5.74, 6) is 2.79. The maximum atomic E-state index is 3.47. The second kappa shape index (κ2) is 5.82. The van der Waals surface area contributed by atoms with E-state index in [9.17, 15) is 0 Å². The molecule has 0 bridgehead atoms. The van der Waals surface area contributed by atoms with E-state index in [0.717, 1.165) is 0 Å². The van der Waals surface area contributed by atoms with E-state index in [-0.39, 0.29) is 0 Å². The van der Waals surface area contributed by atoms with Crippen molar-refractivity contribution in [3.63, 3.8) is 0 Å². The summed E-state index contributed by atoms with van der Waals surface area (Å²) in [7, 11) is 0. The fourth-order valence-electron chi connectivity index (χ4n) is 0.156. The molecule has 0 aromatic rings. The van der Waals surface area contributed by atoms with Crippen molar-refractivity contribution in [2.45, 2.75) is 12.2 Å². The van der Waals surface area contributed by atoms with Crippen molar-refractivity contribution in [2.24, 2.45) is 0 Å². The molecule has 0 heterocycles. The molecule has 0 aliphatic carbocycles. The van der Waals surface area contributed by atoms with Crippen LogP contribution in [0.4, 0.5) is 0 Å². The average Bonchev–Trinajstić information content (AvgIpc) is 1.69. The predicted octanol–water partition coefficient (Wildman–Crippen LogP) is 1.28. The zero-order chi connectivity index (χ0) is 5.54. The van der Waals surface area contributed by atoms with Gasteiger partial charge in [-0.05, 0) is 0 Å². The zero-order valence-corrected chi connectivity index (χ0v) is 6.11. The van der Waals surface area contributed by atoms with Crippen LogP contribution in [0, 0.1) is 10.7 Å². The van der Waals surface area contributed by atoms with Gasteiger partial charge in [0, 0.05) is 0 Å². The van der Waals surface area contributed by atoms with Gasteiger partial charge in [-0.1, -0.05) is 0 Å². The normalized spacial score (nSPS) is 6.43. The second-order valence-electron chi connectivity index (χ2n) is 0.884. The first-order valence-electron chi connectivity index (χ1n) is 2.15. The van der Waals surface area contributed by atoms with Gasteiger partial charge in [0.05, 0.1) is 0 Å². The summed E-state index contributed by atoms with van der Waals surface area (Å²) in [6, 6.07) is 0. The summed E-state index contributed by atoms with van der Waals surface area (Å²) >= 11 is 0.536. The van der Waals surface area contributed by atoms with Crippen LogP contribution >= 0.6 is 0 Å². The molecule has 0 aliphatic heterocycles. The Kier molecular flexibility index (Phi) is 5.67. The van der Waals surface area contributed by atoms with E-state index in [1.165, 1.54) is 5.32 Å². The SMILES string of the molecule is C=CC#C[Se]CC. The molecule has 38 valence electrons. The zero-order valence-electron chi connectivity index (χ0n) is 4.40. The Balaban J connectivity index is 3.07. The summed E-state index contributed by atoms with van der Waals surface area (Å²) in [5.41, 5.74) is 0. The van der Waals surface area contributed by atoms with Gasteiger partial charge in [-0.2, -0.15) is 0 Å². The van der Waals surface area contributed by atoms with E-state index in [2.05, 4.69) is 24.2 Å². The molecule has 1 heteroatoms. The van der Waals surface area contributed by atoms with Crippen molar-refractivity contribution < 1.29 is 0 Å². The van der Waals surface area contributed by atoms with Crippen molar-refractivity contribution in [1.29, 1.82) is 0 Å². The molecule has 0 fully saturated rings. The number of rotatable bonds is 1. The second-order valence-corrected chi connectivity index (χ2v) is 3.13. The molecule has 0 atom stereocenters. The molecule has 0 spiro atoms. The van der Waals surface area contributed by atoms with Crippen molar-refractivity contribution in [2.75, 3.05) is 0 Å². The molecular formula is C6H8Se. The van der Waals surface area contributed by atoms with Crippen LogP contribution in [0.5, 0.6) is 0 Å². The van der Waals surface area contributed by atoms with E-state index in [1.54, 1.807) is 6.08 Å². The Hall–Kier alpha value is -0.181. The van der Waals surface area contributed by atoms with Gasteiger partial charge in [0.25, 0.3) is 0 Å². The molecule has 0 rings (SSSR count). The fraction of sp³-hybridized carbons (Fsp3) is 0.333. The van der Waals surface area contributed by atoms with Crippen LogP contribution in [0.15, 0.2) is 12.7 Å². The Bertz CT molecular complexity index is 94.5. The molecule has 0 N–H and O–H groups in total. The minimum atomic E-state index is 0.536. The summed E-state index contributed by atoms with van der Waals surface area (Å²) in [6.45, 7) is 5.61. The van der Waals surface area contributed by atoms with E-state index in [0.29, 0.717) is 15.0 Å². The molecule has 0 radical (unpaired) electrons. The molecule has 0 aliphatic rings. The first kappa shape index (κ1) is 6.82. The Morgan fingerprint density at radius 1 is 1.86 bits per heavy atom. The molecule has 0 unspecified atom stereocenters. The van der Waals surface area contributed by atoms with Crippen LogP contribution in [0.3, 0.4) is 0 Å². The Morgan fingerprint density at radius 3 is 3.00 bits per heavy atom. The van der Waals surface area contributed by atoms with Crippen molar-refractivity contribution >= 4 is 15.0 Å². The summed E-state index contributed by atoms with van der Waals surface area (Å²) < 4.78 is 0. The van der Waals surface area contributed by atoms with E-state index in [4.69, 9.17) is 0 Å². The molecule has 0 saturated carbocycles. The average molecular weight is 159 g/mol. The third-order valence-electron chi connectivity index (χ3n) is 0.377. The first-order chi connectivity index (χ1) is 3.41. The third kappa shape index (κ3) is 5.82. The summed E-state index contributed by atoms with van der Waals surface area (Å²) in [6.07, 6.45) is 1.64. The molecule has 0 amide bonds. The van der Waals surface area contributed by atoms with Gasteiger partial charge in [-0.15, -0.1) is 0 Å². The molecule has 0 aromatic heterocycles. The van der Waals surface area contributed by atoms with Crippen LogP contribution < -0.4 is 0 Å². The number of allylic oxidation sites excluding steroid dienone is 1. The van der Waals surface area contributed by atoms with Crippen molar-refractivity contribution in [1.82, 2.24) is 0 Å². The number of hydrogen-bond donors (Lipinski definition) is 0. The molecule has 7 heavy (non-hydrogen) atoms. The Labute approximate surface area is 51.2 Å². The van der Waals surface area contributed by atoms with E-state index >= 15 is 0 Å². The standard InChI is InChI=1S/C6H8Se/c1-3-5-6-7-4-2/h3H,1,4H2,2H3. The predicted molar refractivity (Wildman–Crippen MR) is 34.2 cm³/mol. The monoisotopic (exact) mass is 160 g/mol. The van der Waals surface area contributed by atoms with Crippen LogP contribution in [0.2, 0.25) is 5.32 Å². The van der Waals surface area contributed by atoms with Crippen molar-refractivity contribution in [3.05, 3.63) is 12.7 Å². The van der Waals surface area contributed by atoms with Crippen LogP contribution in [-0.2, 0) is 0 Å². The summed E-state index contributed by atoms with van der Waals surface area (Å²) in [4.78, 5) is 2.98.